The SMILES string of the molecule is C=CCn1c(C)cc(C(=O)COC(=O)CN2C(=O)N[C@]3(CCCC[C@H]3C)C2=O)c1C. The van der Waals surface area contributed by atoms with Crippen LogP contribution in [0.5, 0.6) is 0 Å². The van der Waals surface area contributed by atoms with Crippen LogP contribution in [0.25, 0.3) is 0 Å². The number of ketones is 1. The molecule has 2 atom stereocenters. The highest BCUT2D eigenvalue weighted by atomic mass is 16.5. The molecule has 1 aromatic rings. The average molecular weight is 415 g/mol. The molecule has 30 heavy (non-hydrogen) atoms. The van der Waals surface area contributed by atoms with Crippen molar-refractivity contribution >= 4 is 23.7 Å². The number of allylic oxidation sites excluding steroid dienone is 1. The first-order chi connectivity index (χ1) is 14.2. The molecule has 2 aliphatic rings. The molecule has 1 saturated heterocycles. The molecule has 2 fully saturated rings. The second-order valence-electron chi connectivity index (χ2n) is 8.21. The lowest BCUT2D eigenvalue weighted by Crippen LogP contribution is -2.54. The summed E-state index contributed by atoms with van der Waals surface area (Å²) in [4.78, 5) is 50.9. The summed E-state index contributed by atoms with van der Waals surface area (Å²) in [5.41, 5.74) is 1.24. The lowest BCUT2D eigenvalue weighted by molar-refractivity contribution is -0.147. The number of urea groups is 1. The predicted octanol–water partition coefficient (Wildman–Crippen LogP) is 2.52. The van der Waals surface area contributed by atoms with E-state index in [4.69, 9.17) is 4.74 Å². The number of nitrogens with zero attached hydrogens (tertiary/aromatic N) is 2. The molecule has 0 unspecified atom stereocenters. The van der Waals surface area contributed by atoms with Crippen molar-refractivity contribution in [1.29, 1.82) is 0 Å². The first-order valence-electron chi connectivity index (χ1n) is 10.3. The van der Waals surface area contributed by atoms with E-state index in [2.05, 4.69) is 11.9 Å². The second kappa shape index (κ2) is 8.45. The standard InChI is InChI=1S/C22H29N3O5/c1-5-10-24-15(3)11-17(16(24)4)18(26)13-30-19(27)12-25-20(28)22(23-21(25)29)9-7-6-8-14(22)2/h5,11,14H,1,6-10,12-13H2,2-4H3,(H,23,29)/t14-,22+/m1/s1. The van der Waals surface area contributed by atoms with Crippen LogP contribution in [0.15, 0.2) is 18.7 Å². The number of Topliss-reactive ketones (excluding diaryl/α,β-unsaturated/α-hetero) is 1. The Hall–Kier alpha value is -2.90. The topological polar surface area (TPSA) is 97.7 Å². The number of aryl methyl sites for hydroxylation is 1. The third-order valence-electron chi connectivity index (χ3n) is 6.34. The van der Waals surface area contributed by atoms with Gasteiger partial charge in [-0.05, 0) is 38.7 Å². The molecular weight excluding hydrogens is 386 g/mol. The van der Waals surface area contributed by atoms with Gasteiger partial charge in [-0.2, -0.15) is 0 Å². The van der Waals surface area contributed by atoms with E-state index < -0.39 is 30.7 Å². The number of esters is 1. The maximum absolute atomic E-state index is 12.9. The number of carbonyl (C=O) groups is 4. The first-order valence-corrected chi connectivity index (χ1v) is 10.3. The van der Waals surface area contributed by atoms with E-state index >= 15 is 0 Å². The van der Waals surface area contributed by atoms with Crippen molar-refractivity contribution in [2.75, 3.05) is 13.2 Å². The van der Waals surface area contributed by atoms with E-state index in [1.165, 1.54) is 0 Å². The van der Waals surface area contributed by atoms with Crippen LogP contribution in [0.2, 0.25) is 0 Å². The van der Waals surface area contributed by atoms with Crippen LogP contribution < -0.4 is 5.32 Å². The Balaban J connectivity index is 1.60. The van der Waals surface area contributed by atoms with Crippen molar-refractivity contribution in [3.05, 3.63) is 35.7 Å². The Morgan fingerprint density at radius 2 is 2.07 bits per heavy atom. The summed E-state index contributed by atoms with van der Waals surface area (Å²) in [5.74, 6) is -1.49. The molecule has 0 aromatic carbocycles. The molecular formula is C22H29N3O5. The predicted molar refractivity (Wildman–Crippen MR) is 110 cm³/mol. The van der Waals surface area contributed by atoms with Crippen LogP contribution in [-0.4, -0.2) is 51.8 Å². The minimum Gasteiger partial charge on any atom is -0.456 e. The van der Waals surface area contributed by atoms with Gasteiger partial charge >= 0.3 is 12.0 Å². The molecule has 8 heteroatoms. The number of rotatable bonds is 7. The van der Waals surface area contributed by atoms with Gasteiger partial charge in [0.05, 0.1) is 0 Å². The maximum Gasteiger partial charge on any atom is 0.326 e. The molecule has 2 heterocycles. The zero-order valence-corrected chi connectivity index (χ0v) is 17.8. The van der Waals surface area contributed by atoms with Crippen molar-refractivity contribution in [3.8, 4) is 0 Å². The molecule has 1 aliphatic carbocycles. The van der Waals surface area contributed by atoms with Crippen LogP contribution in [0.3, 0.4) is 0 Å². The molecule has 1 N–H and O–H groups in total. The summed E-state index contributed by atoms with van der Waals surface area (Å²) in [7, 11) is 0. The van der Waals surface area contributed by atoms with E-state index in [0.717, 1.165) is 35.6 Å². The lowest BCUT2D eigenvalue weighted by atomic mass is 9.73. The van der Waals surface area contributed by atoms with Gasteiger partial charge in [0.15, 0.2) is 6.61 Å². The number of imide groups is 1. The fraction of sp³-hybridized carbons (Fsp3) is 0.545. The zero-order chi connectivity index (χ0) is 22.1. The number of amides is 3. The van der Waals surface area contributed by atoms with Crippen molar-refractivity contribution in [3.63, 3.8) is 0 Å². The number of aromatic nitrogens is 1. The van der Waals surface area contributed by atoms with Crippen LogP contribution >= 0.6 is 0 Å². The molecule has 3 amide bonds. The van der Waals surface area contributed by atoms with Gasteiger partial charge in [-0.25, -0.2) is 4.79 Å². The molecule has 1 aromatic heterocycles. The molecule has 162 valence electrons. The van der Waals surface area contributed by atoms with E-state index in [0.29, 0.717) is 18.5 Å². The lowest BCUT2D eigenvalue weighted by Gasteiger charge is -2.36. The van der Waals surface area contributed by atoms with Crippen molar-refractivity contribution < 1.29 is 23.9 Å². The molecule has 1 spiro atoms. The van der Waals surface area contributed by atoms with Crippen LogP contribution in [-0.2, 0) is 20.9 Å². The Bertz CT molecular complexity index is 903. The van der Waals surface area contributed by atoms with Gasteiger partial charge in [-0.3, -0.25) is 19.3 Å². The highest BCUT2D eigenvalue weighted by molar-refractivity contribution is 6.09. The molecule has 1 saturated carbocycles. The van der Waals surface area contributed by atoms with Gasteiger partial charge in [-0.15, -0.1) is 6.58 Å². The summed E-state index contributed by atoms with van der Waals surface area (Å²) < 4.78 is 7.04. The Morgan fingerprint density at radius 1 is 1.33 bits per heavy atom. The quantitative estimate of drug-likeness (QED) is 0.319. The molecule has 3 rings (SSSR count). The summed E-state index contributed by atoms with van der Waals surface area (Å²) in [6.45, 7) is 9.01. The minimum atomic E-state index is -0.922. The number of hydrogen-bond acceptors (Lipinski definition) is 5. The molecule has 0 bridgehead atoms. The van der Waals surface area contributed by atoms with Crippen LogP contribution in [0.4, 0.5) is 4.79 Å². The van der Waals surface area contributed by atoms with Crippen molar-refractivity contribution in [1.82, 2.24) is 14.8 Å². The minimum absolute atomic E-state index is 0.0103. The third-order valence-corrected chi connectivity index (χ3v) is 6.34. The Morgan fingerprint density at radius 3 is 2.73 bits per heavy atom. The summed E-state index contributed by atoms with van der Waals surface area (Å²) in [6.07, 6.45) is 5.04. The van der Waals surface area contributed by atoms with Crippen LogP contribution in [0.1, 0.15) is 54.4 Å². The van der Waals surface area contributed by atoms with E-state index in [1.807, 2.05) is 25.3 Å². The Kier molecular flexibility index (Phi) is 6.14. The fourth-order valence-electron chi connectivity index (χ4n) is 4.53. The van der Waals surface area contributed by atoms with Crippen LogP contribution in [0, 0.1) is 19.8 Å². The summed E-state index contributed by atoms with van der Waals surface area (Å²) >= 11 is 0. The average Bonchev–Trinajstić information content (AvgIpc) is 3.12. The van der Waals surface area contributed by atoms with Gasteiger partial charge in [0.2, 0.25) is 5.78 Å². The van der Waals surface area contributed by atoms with E-state index in [1.54, 1.807) is 12.1 Å². The van der Waals surface area contributed by atoms with Crippen molar-refractivity contribution in [2.24, 2.45) is 5.92 Å². The summed E-state index contributed by atoms with van der Waals surface area (Å²) in [5, 5.41) is 2.80. The largest absolute Gasteiger partial charge is 0.456 e. The molecule has 8 nitrogen and oxygen atoms in total. The maximum atomic E-state index is 12.9. The van der Waals surface area contributed by atoms with Gasteiger partial charge in [-0.1, -0.05) is 25.8 Å². The highest BCUT2D eigenvalue weighted by Crippen LogP contribution is 2.38. The normalized spacial score (nSPS) is 23.6. The monoisotopic (exact) mass is 415 g/mol. The summed E-state index contributed by atoms with van der Waals surface area (Å²) in [6, 6.07) is 1.17. The second-order valence-corrected chi connectivity index (χ2v) is 8.21. The third kappa shape index (κ3) is 3.78. The molecule has 0 radical (unpaired) electrons. The number of carbonyl (C=O) groups excluding carboxylic acids is 4. The van der Waals surface area contributed by atoms with Gasteiger partial charge in [0.25, 0.3) is 5.91 Å². The first kappa shape index (κ1) is 21.8. The van der Waals surface area contributed by atoms with Gasteiger partial charge in [0, 0.05) is 23.5 Å². The van der Waals surface area contributed by atoms with Gasteiger partial charge in [0.1, 0.15) is 12.1 Å². The van der Waals surface area contributed by atoms with E-state index in [-0.39, 0.29) is 17.6 Å². The van der Waals surface area contributed by atoms with E-state index in [9.17, 15) is 19.2 Å². The molecule has 1 aliphatic heterocycles. The number of nitrogens with one attached hydrogen (secondary N) is 1. The fourth-order valence-corrected chi connectivity index (χ4v) is 4.53. The number of ether oxygens (including phenoxy) is 1. The Labute approximate surface area is 176 Å². The zero-order valence-electron chi connectivity index (χ0n) is 17.8. The van der Waals surface area contributed by atoms with Gasteiger partial charge < -0.3 is 14.6 Å². The number of hydrogen-bond donors (Lipinski definition) is 1. The van der Waals surface area contributed by atoms with Crippen molar-refractivity contribution in [2.45, 2.75) is 58.5 Å². The smallest absolute Gasteiger partial charge is 0.326 e. The highest BCUT2D eigenvalue weighted by Gasteiger charge is 2.55.